The highest BCUT2D eigenvalue weighted by Gasteiger charge is 2.19. The number of nitro benzene ring substituents is 1. The summed E-state index contributed by atoms with van der Waals surface area (Å²) < 4.78 is 1.98. The molecule has 0 aliphatic carbocycles. The molecule has 7 nitrogen and oxygen atoms in total. The Labute approximate surface area is 150 Å². The first-order valence-electron chi connectivity index (χ1n) is 8.13. The van der Waals surface area contributed by atoms with Crippen molar-refractivity contribution in [1.82, 2.24) is 9.88 Å². The average molecular weight is 353 g/mol. The van der Waals surface area contributed by atoms with Crippen LogP contribution in [0.4, 0.5) is 5.69 Å². The van der Waals surface area contributed by atoms with Crippen LogP contribution in [0.3, 0.4) is 0 Å². The lowest BCUT2D eigenvalue weighted by Gasteiger charge is -2.13. The second-order valence-electron chi connectivity index (χ2n) is 6.18. The van der Waals surface area contributed by atoms with E-state index in [1.807, 2.05) is 42.1 Å². The number of amides is 1. The predicted molar refractivity (Wildman–Crippen MR) is 98.0 cm³/mol. The molecule has 0 spiro atoms. The van der Waals surface area contributed by atoms with Crippen LogP contribution >= 0.6 is 0 Å². The fraction of sp³-hybridized carbons (Fsp3) is 0.211. The highest BCUT2D eigenvalue weighted by Crippen LogP contribution is 2.22. The largest absolute Gasteiger partial charge is 0.387 e. The lowest BCUT2D eigenvalue weighted by atomic mass is 10.1. The molecule has 0 saturated carbocycles. The van der Waals surface area contributed by atoms with Gasteiger partial charge in [-0.1, -0.05) is 12.1 Å². The molecule has 1 atom stereocenters. The number of carbonyl (C=O) groups is 1. The van der Waals surface area contributed by atoms with Gasteiger partial charge in [-0.05, 0) is 42.1 Å². The van der Waals surface area contributed by atoms with Crippen LogP contribution in [0.25, 0.3) is 10.9 Å². The minimum Gasteiger partial charge on any atom is -0.387 e. The van der Waals surface area contributed by atoms with Gasteiger partial charge < -0.3 is 15.0 Å². The van der Waals surface area contributed by atoms with Gasteiger partial charge in [-0.25, -0.2) is 0 Å². The van der Waals surface area contributed by atoms with Gasteiger partial charge in [0.25, 0.3) is 11.6 Å². The summed E-state index contributed by atoms with van der Waals surface area (Å²) in [5.41, 5.74) is 2.17. The summed E-state index contributed by atoms with van der Waals surface area (Å²) in [5, 5.41) is 25.0. The Balaban J connectivity index is 1.72. The Bertz CT molecular complexity index is 994. The normalized spacial score (nSPS) is 12.1. The minimum atomic E-state index is -0.873. The van der Waals surface area contributed by atoms with Crippen molar-refractivity contribution in [3.8, 4) is 0 Å². The molecule has 2 N–H and O–H groups in total. The first-order valence-corrected chi connectivity index (χ1v) is 8.13. The molecule has 0 saturated heterocycles. The van der Waals surface area contributed by atoms with Crippen LogP contribution in [-0.4, -0.2) is 27.0 Å². The molecule has 0 bridgehead atoms. The maximum Gasteiger partial charge on any atom is 0.273 e. The van der Waals surface area contributed by atoms with E-state index in [-0.39, 0.29) is 17.8 Å². The molecule has 134 valence electrons. The van der Waals surface area contributed by atoms with E-state index < -0.39 is 16.9 Å². The number of hydrogen-bond donors (Lipinski definition) is 2. The SMILES string of the molecule is Cc1c(C(=O)NCC(O)c2ccc3c(ccn3C)c2)cccc1[N+](=O)[O-]. The summed E-state index contributed by atoms with van der Waals surface area (Å²) in [6.45, 7) is 1.55. The number of carbonyl (C=O) groups excluding carboxylic acids is 1. The lowest BCUT2D eigenvalue weighted by molar-refractivity contribution is -0.385. The molecule has 0 fully saturated rings. The number of fused-ring (bicyclic) bond motifs is 1. The van der Waals surface area contributed by atoms with Gasteiger partial charge in [0.2, 0.25) is 0 Å². The van der Waals surface area contributed by atoms with Gasteiger partial charge in [0.15, 0.2) is 0 Å². The van der Waals surface area contributed by atoms with Crippen molar-refractivity contribution in [3.05, 3.63) is 75.5 Å². The molecular weight excluding hydrogens is 334 g/mol. The van der Waals surface area contributed by atoms with E-state index >= 15 is 0 Å². The van der Waals surface area contributed by atoms with Crippen molar-refractivity contribution in [3.63, 3.8) is 0 Å². The third kappa shape index (κ3) is 3.29. The number of nitro groups is 1. The Morgan fingerprint density at radius 3 is 2.81 bits per heavy atom. The summed E-state index contributed by atoms with van der Waals surface area (Å²) in [6.07, 6.45) is 1.07. The standard InChI is InChI=1S/C19H19N3O4/c1-12-15(4-3-5-16(12)22(25)26)19(24)20-11-18(23)14-6-7-17-13(10-14)8-9-21(17)2/h3-10,18,23H,11H2,1-2H3,(H,20,24). The maximum absolute atomic E-state index is 12.3. The number of nitrogens with one attached hydrogen (secondary N) is 1. The average Bonchev–Trinajstić information content (AvgIpc) is 2.99. The Hall–Kier alpha value is -3.19. The molecule has 3 rings (SSSR count). The third-order valence-electron chi connectivity index (χ3n) is 4.50. The maximum atomic E-state index is 12.3. The summed E-state index contributed by atoms with van der Waals surface area (Å²) >= 11 is 0. The van der Waals surface area contributed by atoms with Crippen LogP contribution in [0.1, 0.15) is 27.6 Å². The number of rotatable bonds is 5. The molecule has 0 aliphatic rings. The molecule has 26 heavy (non-hydrogen) atoms. The zero-order valence-corrected chi connectivity index (χ0v) is 14.5. The summed E-state index contributed by atoms with van der Waals surface area (Å²) in [7, 11) is 1.94. The monoisotopic (exact) mass is 353 g/mol. The van der Waals surface area contributed by atoms with Crippen molar-refractivity contribution >= 4 is 22.5 Å². The number of aromatic nitrogens is 1. The van der Waals surface area contributed by atoms with E-state index in [4.69, 9.17) is 0 Å². The van der Waals surface area contributed by atoms with Crippen molar-refractivity contribution in [2.24, 2.45) is 7.05 Å². The van der Waals surface area contributed by atoms with Crippen molar-refractivity contribution in [2.45, 2.75) is 13.0 Å². The predicted octanol–water partition coefficient (Wildman–Crippen LogP) is 2.86. The minimum absolute atomic E-state index is 0.0132. The molecule has 7 heteroatoms. The zero-order chi connectivity index (χ0) is 18.8. The number of aliphatic hydroxyl groups excluding tert-OH is 1. The first kappa shape index (κ1) is 17.6. The highest BCUT2D eigenvalue weighted by atomic mass is 16.6. The van der Waals surface area contributed by atoms with Gasteiger partial charge in [-0.2, -0.15) is 0 Å². The van der Waals surface area contributed by atoms with Gasteiger partial charge in [0, 0.05) is 42.5 Å². The van der Waals surface area contributed by atoms with Gasteiger partial charge in [0.1, 0.15) is 0 Å². The molecule has 1 amide bonds. The first-order chi connectivity index (χ1) is 12.4. The van der Waals surface area contributed by atoms with E-state index in [1.54, 1.807) is 0 Å². The Morgan fingerprint density at radius 1 is 1.31 bits per heavy atom. The number of aliphatic hydroxyl groups is 1. The van der Waals surface area contributed by atoms with Crippen molar-refractivity contribution < 1.29 is 14.8 Å². The summed E-state index contributed by atoms with van der Waals surface area (Å²) in [5.74, 6) is -0.453. The van der Waals surface area contributed by atoms with E-state index in [9.17, 15) is 20.0 Å². The van der Waals surface area contributed by atoms with Gasteiger partial charge in [-0.3, -0.25) is 14.9 Å². The quantitative estimate of drug-likeness (QED) is 0.544. The van der Waals surface area contributed by atoms with Crippen LogP contribution in [0.2, 0.25) is 0 Å². The van der Waals surface area contributed by atoms with Crippen LogP contribution in [0.15, 0.2) is 48.7 Å². The summed E-state index contributed by atoms with van der Waals surface area (Å²) in [4.78, 5) is 22.8. The topological polar surface area (TPSA) is 97.4 Å². The third-order valence-corrected chi connectivity index (χ3v) is 4.50. The second kappa shape index (κ2) is 6.97. The van der Waals surface area contributed by atoms with Crippen LogP contribution in [0, 0.1) is 17.0 Å². The molecule has 3 aromatic rings. The second-order valence-corrected chi connectivity index (χ2v) is 6.18. The Morgan fingerprint density at radius 2 is 2.08 bits per heavy atom. The van der Waals surface area contributed by atoms with Crippen LogP contribution in [-0.2, 0) is 7.05 Å². The van der Waals surface area contributed by atoms with Gasteiger partial charge in [-0.15, -0.1) is 0 Å². The van der Waals surface area contributed by atoms with E-state index in [2.05, 4.69) is 5.32 Å². The number of benzene rings is 2. The zero-order valence-electron chi connectivity index (χ0n) is 14.5. The smallest absolute Gasteiger partial charge is 0.273 e. The van der Waals surface area contributed by atoms with Crippen LogP contribution in [0.5, 0.6) is 0 Å². The van der Waals surface area contributed by atoms with Gasteiger partial charge in [0.05, 0.1) is 11.0 Å². The van der Waals surface area contributed by atoms with E-state index in [0.717, 1.165) is 10.9 Å². The van der Waals surface area contributed by atoms with Gasteiger partial charge >= 0.3 is 0 Å². The van der Waals surface area contributed by atoms with Crippen molar-refractivity contribution in [1.29, 1.82) is 0 Å². The molecular formula is C19H19N3O4. The number of hydrogen-bond acceptors (Lipinski definition) is 4. The number of aryl methyl sites for hydroxylation is 1. The molecule has 1 aromatic heterocycles. The fourth-order valence-corrected chi connectivity index (χ4v) is 2.98. The molecule has 0 aliphatic heterocycles. The fourth-order valence-electron chi connectivity index (χ4n) is 2.98. The summed E-state index contributed by atoms with van der Waals surface area (Å²) in [6, 6.07) is 11.9. The van der Waals surface area contributed by atoms with E-state index in [0.29, 0.717) is 11.1 Å². The molecule has 1 heterocycles. The van der Waals surface area contributed by atoms with E-state index in [1.165, 1.54) is 25.1 Å². The Kier molecular flexibility index (Phi) is 4.73. The molecule has 1 unspecified atom stereocenters. The van der Waals surface area contributed by atoms with Crippen molar-refractivity contribution in [2.75, 3.05) is 6.54 Å². The van der Waals surface area contributed by atoms with Crippen LogP contribution < -0.4 is 5.32 Å². The highest BCUT2D eigenvalue weighted by molar-refractivity contribution is 5.96. The molecule has 0 radical (unpaired) electrons. The molecule has 2 aromatic carbocycles. The number of nitrogens with zero attached hydrogens (tertiary/aromatic N) is 2. The lowest BCUT2D eigenvalue weighted by Crippen LogP contribution is -2.29.